The molecule has 0 saturated carbocycles. The molecular formula is C21H24BrOP. The predicted octanol–water partition coefficient (Wildman–Crippen LogP) is 4.68. The summed E-state index contributed by atoms with van der Waals surface area (Å²) < 4.78 is 4.06. The molecule has 3 rings (SSSR count). The first-order chi connectivity index (χ1) is 11.8. The van der Waals surface area contributed by atoms with E-state index < -0.39 is 7.26 Å². The zero-order valence-electron chi connectivity index (χ0n) is 14.2. The number of rotatable bonds is 4. The van der Waals surface area contributed by atoms with Gasteiger partial charge in [-0.1, -0.05) is 0 Å². The summed E-state index contributed by atoms with van der Waals surface area (Å²) in [7, 11) is -0.356. The molecule has 0 atom stereocenters. The van der Waals surface area contributed by atoms with Gasteiger partial charge in [-0.2, -0.15) is 0 Å². The molecule has 0 saturated heterocycles. The van der Waals surface area contributed by atoms with Crippen LogP contribution in [-0.4, -0.2) is 13.3 Å². The van der Waals surface area contributed by atoms with Crippen LogP contribution in [0, 0.1) is 0 Å². The fraction of sp³-hybridized carbons (Fsp3) is 0.143. The van der Waals surface area contributed by atoms with Gasteiger partial charge in [-0.25, -0.2) is 0 Å². The van der Waals surface area contributed by atoms with Gasteiger partial charge in [-0.05, 0) is 0 Å². The van der Waals surface area contributed by atoms with Gasteiger partial charge in [-0.15, -0.1) is 0 Å². The summed E-state index contributed by atoms with van der Waals surface area (Å²) in [6.45, 7) is 2.33. The molecule has 0 aliphatic carbocycles. The first-order valence-corrected chi connectivity index (χ1v) is 11.0. The molecule has 0 aromatic heterocycles. The number of hydrogen-bond donors (Lipinski definition) is 0. The third kappa shape index (κ3) is 4.13. The Morgan fingerprint density at radius 2 is 0.917 bits per heavy atom. The van der Waals surface area contributed by atoms with Crippen LogP contribution in [0.4, 0.5) is 0 Å². The van der Waals surface area contributed by atoms with Gasteiger partial charge < -0.3 is 3.83 Å². The molecule has 1 nitrogen and oxygen atoms in total. The van der Waals surface area contributed by atoms with E-state index in [1.807, 2.05) is 0 Å². The molecule has 24 heavy (non-hydrogen) atoms. The van der Waals surface area contributed by atoms with Crippen LogP contribution in [0.3, 0.4) is 0 Å². The molecule has 0 amide bonds. The average Bonchev–Trinajstić information content (AvgIpc) is 2.66. The van der Waals surface area contributed by atoms with Crippen LogP contribution >= 0.6 is 23.5 Å². The number of benzene rings is 3. The Morgan fingerprint density at radius 3 is 1.12 bits per heavy atom. The van der Waals surface area contributed by atoms with Gasteiger partial charge in [0.1, 0.15) is 0 Å². The monoisotopic (exact) mass is 402 g/mol. The molecule has 0 radical (unpaired) electrons. The summed E-state index contributed by atoms with van der Waals surface area (Å²) in [4.78, 5) is 0. The van der Waals surface area contributed by atoms with Gasteiger partial charge in [0, 0.05) is 0 Å². The minimum absolute atomic E-state index is 1.17. The van der Waals surface area contributed by atoms with Crippen LogP contribution in [0.25, 0.3) is 0 Å². The Hall–Kier alpha value is -1.47. The fourth-order valence-electron chi connectivity index (χ4n) is 3.28. The van der Waals surface area contributed by atoms with E-state index >= 15 is 0 Å². The second-order valence-corrected chi connectivity index (χ2v) is 10.4. The SMILES string of the molecule is CC[PH](c1ccccc1)(c1ccccc1)c1ccccc1.COBr. The van der Waals surface area contributed by atoms with Gasteiger partial charge in [0.25, 0.3) is 0 Å². The molecule has 3 heteroatoms. The normalized spacial score (nSPS) is 11.3. The van der Waals surface area contributed by atoms with E-state index in [9.17, 15) is 0 Å². The Kier molecular flexibility index (Phi) is 7.65. The van der Waals surface area contributed by atoms with E-state index in [-0.39, 0.29) is 0 Å². The van der Waals surface area contributed by atoms with E-state index in [1.54, 1.807) is 7.11 Å². The summed E-state index contributed by atoms with van der Waals surface area (Å²) >= 11 is 2.65. The zero-order valence-corrected chi connectivity index (χ0v) is 16.7. The maximum Gasteiger partial charge on any atom is 0.0984 e. The van der Waals surface area contributed by atoms with Crippen molar-refractivity contribution in [3.8, 4) is 0 Å². The fourth-order valence-corrected chi connectivity index (χ4v) is 7.79. The van der Waals surface area contributed by atoms with Crippen LogP contribution in [0.5, 0.6) is 0 Å². The van der Waals surface area contributed by atoms with Crippen molar-refractivity contribution in [3.63, 3.8) is 0 Å². The third-order valence-corrected chi connectivity index (χ3v) is 9.35. The first kappa shape index (κ1) is 18.9. The summed E-state index contributed by atoms with van der Waals surface area (Å²) in [5, 5.41) is 4.47. The molecule has 0 aliphatic rings. The van der Waals surface area contributed by atoms with Gasteiger partial charge >= 0.3 is 127 Å². The summed E-state index contributed by atoms with van der Waals surface area (Å²) in [6, 6.07) is 33.1. The largest absolute Gasteiger partial charge is 0.311 e. The summed E-state index contributed by atoms with van der Waals surface area (Å²) in [6.07, 6.45) is 1.17. The Labute approximate surface area is 154 Å². The first-order valence-electron chi connectivity index (χ1n) is 8.11. The second kappa shape index (κ2) is 9.74. The topological polar surface area (TPSA) is 9.23 Å². The van der Waals surface area contributed by atoms with Crippen LogP contribution in [-0.2, 0) is 3.83 Å². The molecule has 0 fully saturated rings. The van der Waals surface area contributed by atoms with Crippen molar-refractivity contribution in [1.82, 2.24) is 0 Å². The van der Waals surface area contributed by atoms with Crippen LogP contribution in [0.2, 0.25) is 0 Å². The molecule has 0 bridgehead atoms. The number of hydrogen-bond acceptors (Lipinski definition) is 1. The smallest absolute Gasteiger partial charge is 0.0984 e. The van der Waals surface area contributed by atoms with Gasteiger partial charge in [0.05, 0.1) is 23.4 Å². The molecule has 126 valence electrons. The summed E-state index contributed by atoms with van der Waals surface area (Å²) in [5.74, 6) is 0. The average molecular weight is 403 g/mol. The van der Waals surface area contributed by atoms with Gasteiger partial charge in [0.15, 0.2) is 0 Å². The van der Waals surface area contributed by atoms with Crippen LogP contribution in [0.15, 0.2) is 91.0 Å². The van der Waals surface area contributed by atoms with Crippen molar-refractivity contribution in [2.75, 3.05) is 13.3 Å². The van der Waals surface area contributed by atoms with Gasteiger partial charge in [0.2, 0.25) is 0 Å². The zero-order chi connectivity index (χ0) is 17.3. The van der Waals surface area contributed by atoms with Crippen LogP contribution < -0.4 is 15.9 Å². The third-order valence-electron chi connectivity index (χ3n) is 4.33. The second-order valence-electron chi connectivity index (χ2n) is 5.51. The standard InChI is InChI=1S/C20H21P.CH3BrO/c1-2-21(18-12-6-3-7-13-18,19-14-8-4-9-15-19)20-16-10-5-11-17-20;1-3-2/h3-17,21H,2H2,1H3;1H3. The molecule has 3 aromatic carbocycles. The van der Waals surface area contributed by atoms with E-state index in [1.165, 1.54) is 22.1 Å². The molecule has 0 spiro atoms. The number of halogens is 1. The maximum atomic E-state index is 4.06. The van der Waals surface area contributed by atoms with E-state index in [0.717, 1.165) is 0 Å². The van der Waals surface area contributed by atoms with Crippen molar-refractivity contribution in [2.45, 2.75) is 6.92 Å². The van der Waals surface area contributed by atoms with Crippen molar-refractivity contribution >= 4 is 39.4 Å². The molecule has 0 aliphatic heterocycles. The van der Waals surface area contributed by atoms with E-state index in [4.69, 9.17) is 0 Å². The Bertz CT molecular complexity index is 605. The Morgan fingerprint density at radius 1 is 0.667 bits per heavy atom. The quantitative estimate of drug-likeness (QED) is 0.575. The van der Waals surface area contributed by atoms with Crippen molar-refractivity contribution in [1.29, 1.82) is 0 Å². The molecule has 3 aromatic rings. The van der Waals surface area contributed by atoms with Crippen LogP contribution in [0.1, 0.15) is 6.92 Å². The molecular weight excluding hydrogens is 379 g/mol. The maximum absolute atomic E-state index is 4.06. The van der Waals surface area contributed by atoms with E-state index in [0.29, 0.717) is 0 Å². The predicted molar refractivity (Wildman–Crippen MR) is 113 cm³/mol. The molecule has 0 heterocycles. The minimum atomic E-state index is -1.90. The van der Waals surface area contributed by atoms with Crippen molar-refractivity contribution < 1.29 is 3.83 Å². The van der Waals surface area contributed by atoms with E-state index in [2.05, 4.69) is 118 Å². The minimum Gasteiger partial charge on any atom is -0.311 e. The van der Waals surface area contributed by atoms with Gasteiger partial charge in [-0.3, -0.25) is 0 Å². The Balaban J connectivity index is 0.000000647. The molecule has 0 N–H and O–H groups in total. The van der Waals surface area contributed by atoms with Crippen molar-refractivity contribution in [3.05, 3.63) is 91.0 Å². The van der Waals surface area contributed by atoms with Crippen molar-refractivity contribution in [2.24, 2.45) is 0 Å². The summed E-state index contributed by atoms with van der Waals surface area (Å²) in [5.41, 5.74) is 0. The molecule has 0 unspecified atom stereocenters.